The van der Waals surface area contributed by atoms with E-state index in [-0.39, 0.29) is 91.1 Å². The largest absolute Gasteiger partial charge is 0.508 e. The molecule has 13 N–H and O–H groups in total. The zero-order chi connectivity index (χ0) is 69.1. The summed E-state index contributed by atoms with van der Waals surface area (Å²) in [5.74, 6) is -13.5. The summed E-state index contributed by atoms with van der Waals surface area (Å²) < 4.78 is 29.9. The molecule has 27 nitrogen and oxygen atoms in total. The molecule has 95 heavy (non-hydrogen) atoms. The number of fused-ring (bicyclic) bond motifs is 15. The molecule has 11 rings (SSSR count). The van der Waals surface area contributed by atoms with Crippen molar-refractivity contribution in [1.29, 1.82) is 0 Å². The third-order valence-electron chi connectivity index (χ3n) is 15.5. The Balaban J connectivity index is 1.23. The van der Waals surface area contributed by atoms with Crippen LogP contribution in [0.4, 0.5) is 4.79 Å². The number of hydrogen-bond acceptors (Lipinski definition) is 19. The highest BCUT2D eigenvalue weighted by Gasteiger charge is 2.43. The molecule has 500 valence electrons. The van der Waals surface area contributed by atoms with E-state index in [0.29, 0.717) is 5.56 Å². The number of amides is 8. The predicted octanol–water partition coefficient (Wildman–Crippen LogP) is 6.00. The van der Waals surface area contributed by atoms with E-state index in [1.54, 1.807) is 65.0 Å². The van der Waals surface area contributed by atoms with Crippen molar-refractivity contribution >= 4 is 76.6 Å². The molecule has 29 heteroatoms. The Morgan fingerprint density at radius 2 is 1.26 bits per heavy atom. The molecule has 8 amide bonds. The lowest BCUT2D eigenvalue weighted by molar-refractivity contribution is -0.150. The first-order chi connectivity index (χ1) is 44.9. The number of carbonyl (C=O) groups is 9. The highest BCUT2D eigenvalue weighted by Crippen LogP contribution is 2.48. The summed E-state index contributed by atoms with van der Waals surface area (Å²) in [6.07, 6.45) is -6.08. The number of nitrogens with zero attached hydrogens (tertiary/aromatic N) is 1. The molecule has 0 saturated heterocycles. The fourth-order valence-electron chi connectivity index (χ4n) is 10.9. The number of primary amides is 1. The van der Waals surface area contributed by atoms with Gasteiger partial charge in [0.15, 0.2) is 17.5 Å². The fourth-order valence-corrected chi connectivity index (χ4v) is 11.3. The number of esters is 1. The zero-order valence-electron chi connectivity index (χ0n) is 52.0. The highest BCUT2D eigenvalue weighted by atomic mass is 35.5. The number of aliphatic hydroxyl groups excluding tert-OH is 2. The van der Waals surface area contributed by atoms with Crippen molar-refractivity contribution in [3.63, 3.8) is 0 Å². The van der Waals surface area contributed by atoms with Gasteiger partial charge in [0.1, 0.15) is 89.4 Å². The smallest absolute Gasteiger partial charge is 0.410 e. The van der Waals surface area contributed by atoms with Gasteiger partial charge in [0.2, 0.25) is 47.1 Å². The normalized spacial score (nSPS) is 20.7. The van der Waals surface area contributed by atoms with Crippen LogP contribution in [0.3, 0.4) is 0 Å². The number of carbonyl (C=O) groups excluding carboxylic acids is 9. The van der Waals surface area contributed by atoms with Crippen molar-refractivity contribution in [2.45, 2.75) is 114 Å². The Bertz CT molecular complexity index is 4040. The lowest BCUT2D eigenvalue weighted by atomic mass is 9.89. The number of hydrogen-bond donors (Lipinski definition) is 12. The predicted molar refractivity (Wildman–Crippen MR) is 339 cm³/mol. The van der Waals surface area contributed by atoms with Crippen LogP contribution in [0.15, 0.2) is 109 Å². The average Bonchev–Trinajstić information content (AvgIpc) is 0.772. The van der Waals surface area contributed by atoms with Crippen molar-refractivity contribution in [2.24, 2.45) is 11.7 Å². The second-order valence-electron chi connectivity index (χ2n) is 24.1. The second-order valence-corrected chi connectivity index (χ2v) is 24.9. The Morgan fingerprint density at radius 3 is 1.85 bits per heavy atom. The van der Waals surface area contributed by atoms with Gasteiger partial charge in [-0.3, -0.25) is 38.5 Å². The Labute approximate surface area is 553 Å². The number of ether oxygens (including phenoxy) is 5. The molecule has 9 atom stereocenters. The molecule has 11 bridgehead atoms. The van der Waals surface area contributed by atoms with E-state index >= 15 is 19.2 Å². The molecule has 5 aliphatic heterocycles. The third-order valence-corrected chi connectivity index (χ3v) is 16.1. The number of rotatable bonds is 11. The molecule has 0 aromatic heterocycles. The summed E-state index contributed by atoms with van der Waals surface area (Å²) >= 11 is 13.9. The number of aromatic hydroxyl groups is 3. The minimum absolute atomic E-state index is 0.00127. The van der Waals surface area contributed by atoms with E-state index in [1.165, 1.54) is 62.7 Å². The van der Waals surface area contributed by atoms with Crippen LogP contribution in [-0.4, -0.2) is 128 Å². The first kappa shape index (κ1) is 69.0. The topological polar surface area (TPSA) is 402 Å². The lowest BCUT2D eigenvalue weighted by Gasteiger charge is -2.33. The second kappa shape index (κ2) is 28.5. The van der Waals surface area contributed by atoms with Gasteiger partial charge in [-0.2, -0.15) is 0 Å². The van der Waals surface area contributed by atoms with Crippen molar-refractivity contribution in [3.8, 4) is 57.1 Å². The molecular formula is C66H68Cl2N8O19. The molecule has 5 aliphatic rings. The summed E-state index contributed by atoms with van der Waals surface area (Å²) in [6.45, 7) is 8.01. The van der Waals surface area contributed by atoms with Crippen LogP contribution in [0.1, 0.15) is 111 Å². The van der Waals surface area contributed by atoms with Crippen LogP contribution in [0.2, 0.25) is 10.0 Å². The Morgan fingerprint density at radius 1 is 0.674 bits per heavy atom. The minimum atomic E-state index is -2.17. The quantitative estimate of drug-likeness (QED) is 0.0661. The first-order valence-corrected chi connectivity index (χ1v) is 30.3. The molecule has 5 heterocycles. The molecule has 0 fully saturated rings. The summed E-state index contributed by atoms with van der Waals surface area (Å²) in [7, 11) is 2.52. The Hall–Kier alpha value is -10.4. The van der Waals surface area contributed by atoms with E-state index in [4.69, 9.17) is 52.6 Å². The molecule has 0 radical (unpaired) electrons. The van der Waals surface area contributed by atoms with E-state index in [2.05, 4.69) is 31.9 Å². The number of likely N-dealkylation sites (N-methyl/N-ethyl adjacent to an activating group) is 1. The van der Waals surface area contributed by atoms with Gasteiger partial charge in [-0.15, -0.1) is 0 Å². The standard InChI is InChI=1S/C66H68Cl2N8O19/c1-29(2)19-41(76(6)65(90)95-66(3,4)5)59(84)74-53-55(81)32-14-17-44(38(67)21-32)93-46-23-34-24-47(57(46)91-7)94-45-18-15-33(22-39(45)68)56(82)54-63(88)73-52(64(89)92-28-30-11-9-8-10-12-30)37-25-35(77)26-43(79)49(37)36-20-31(13-16-42(36)78)50(60(85)75-54)72-61(86)51(34)71-58(83)40(27-48(69)80)70-62(53)87/h8-18,20-26,29,40-41,50-56,77-79,81-82H,19,27-28H2,1-7H3,(H2,69,80)(H,70,87)(H,71,83)(H,72,86)(H,73,88)(H,74,84)(H,75,85)/t40-,41+,50+,51+,52-,53+,54-,55+,56+/m0/s1. The van der Waals surface area contributed by atoms with Crippen LogP contribution in [0, 0.1) is 5.92 Å². The van der Waals surface area contributed by atoms with Gasteiger partial charge in [0, 0.05) is 29.8 Å². The maximum Gasteiger partial charge on any atom is 0.410 e. The van der Waals surface area contributed by atoms with Gasteiger partial charge in [0.25, 0.3) is 0 Å². The summed E-state index contributed by atoms with van der Waals surface area (Å²) in [5, 5.41) is 73.5. The van der Waals surface area contributed by atoms with Gasteiger partial charge >= 0.3 is 12.1 Å². The monoisotopic (exact) mass is 1350 g/mol. The number of phenols is 3. The number of aliphatic hydroxyl groups is 2. The molecule has 6 aromatic carbocycles. The average molecular weight is 1350 g/mol. The van der Waals surface area contributed by atoms with Gasteiger partial charge in [-0.25, -0.2) is 9.59 Å². The van der Waals surface area contributed by atoms with Gasteiger partial charge in [-0.1, -0.05) is 85.6 Å². The van der Waals surface area contributed by atoms with Crippen LogP contribution in [-0.2, 0) is 54.4 Å². The minimum Gasteiger partial charge on any atom is -0.508 e. The van der Waals surface area contributed by atoms with E-state index in [1.807, 2.05) is 0 Å². The van der Waals surface area contributed by atoms with Gasteiger partial charge in [0.05, 0.1) is 23.6 Å². The number of phenolic OH excluding ortho intramolecular Hbond substituents is 3. The van der Waals surface area contributed by atoms with Crippen LogP contribution < -0.4 is 51.8 Å². The highest BCUT2D eigenvalue weighted by molar-refractivity contribution is 6.32. The zero-order valence-corrected chi connectivity index (χ0v) is 53.5. The molecule has 0 aliphatic carbocycles. The Kier molecular flexibility index (Phi) is 20.7. The van der Waals surface area contributed by atoms with Crippen molar-refractivity contribution < 1.29 is 92.4 Å². The van der Waals surface area contributed by atoms with Crippen molar-refractivity contribution in [3.05, 3.63) is 153 Å². The summed E-state index contributed by atoms with van der Waals surface area (Å²) in [5.41, 5.74) is 3.28. The molecule has 0 unspecified atom stereocenters. The summed E-state index contributed by atoms with van der Waals surface area (Å²) in [6, 6.07) is 9.43. The maximum absolute atomic E-state index is 15.8. The van der Waals surface area contributed by atoms with Crippen LogP contribution >= 0.6 is 23.2 Å². The first-order valence-electron chi connectivity index (χ1n) is 29.6. The maximum atomic E-state index is 15.8. The number of benzene rings is 6. The number of methoxy groups -OCH3 is 1. The van der Waals surface area contributed by atoms with Gasteiger partial charge < -0.3 is 86.9 Å². The molecular weight excluding hydrogens is 1280 g/mol. The van der Waals surface area contributed by atoms with Crippen LogP contribution in [0.5, 0.6) is 46.0 Å². The number of nitrogens with two attached hydrogens (primary N) is 1. The molecule has 0 saturated carbocycles. The SMILES string of the molecule is COc1c2cc3cc1Oc1ccc(cc1Cl)[C@@H](O)[C@@H](NC(=O)[C@@H](CC(C)C)N(C)C(=O)OC(C)(C)C)C(=O)N[C@@H](CC(N)=O)C(=O)N[C@H]3C(=O)N[C@H]1C(=O)N[C@H](C(=O)N[C@H](C(=O)OCc3ccccc3)c3cc(O)cc(O)c3-c3cc1ccc3O)[C@H](O)c1ccc(c(Cl)c1)O2. The van der Waals surface area contributed by atoms with Crippen molar-refractivity contribution in [1.82, 2.24) is 36.8 Å². The fraction of sp³-hybridized carbons (Fsp3) is 0.318. The van der Waals surface area contributed by atoms with E-state index < -0.39 is 143 Å². The van der Waals surface area contributed by atoms with E-state index in [0.717, 1.165) is 35.2 Å². The van der Waals surface area contributed by atoms with Crippen molar-refractivity contribution in [2.75, 3.05) is 14.2 Å². The lowest BCUT2D eigenvalue weighted by Crippen LogP contribution is -2.59. The van der Waals surface area contributed by atoms with E-state index in [9.17, 15) is 49.5 Å². The summed E-state index contributed by atoms with van der Waals surface area (Å²) in [4.78, 5) is 133. The number of halogens is 2. The number of nitrogens with one attached hydrogen (secondary N) is 6. The van der Waals surface area contributed by atoms with Crippen LogP contribution in [0.25, 0.3) is 11.1 Å². The van der Waals surface area contributed by atoms with Gasteiger partial charge in [-0.05, 0) is 116 Å². The molecule has 0 spiro atoms. The third kappa shape index (κ3) is 15.7. The molecule has 6 aromatic rings.